The van der Waals surface area contributed by atoms with Gasteiger partial charge in [-0.2, -0.15) is 0 Å². The van der Waals surface area contributed by atoms with E-state index in [0.29, 0.717) is 13.1 Å². The molecule has 0 spiro atoms. The molecule has 0 aliphatic carbocycles. The van der Waals surface area contributed by atoms with Crippen LogP contribution in [0.25, 0.3) is 11.3 Å². The Balaban J connectivity index is 1.67. The number of morpholine rings is 1. The summed E-state index contributed by atoms with van der Waals surface area (Å²) in [7, 11) is 0. The third kappa shape index (κ3) is 4.44. The highest BCUT2D eigenvalue weighted by Crippen LogP contribution is 2.46. The Labute approximate surface area is 223 Å². The highest BCUT2D eigenvalue weighted by molar-refractivity contribution is 6.35. The van der Waals surface area contributed by atoms with Crippen LogP contribution in [0, 0.1) is 5.82 Å². The summed E-state index contributed by atoms with van der Waals surface area (Å²) in [6.45, 7) is 6.62. The van der Waals surface area contributed by atoms with Crippen LogP contribution >= 0.6 is 11.6 Å². The Hall–Kier alpha value is -3.41. The second-order valence-electron chi connectivity index (χ2n) is 9.77. The van der Waals surface area contributed by atoms with Crippen LogP contribution in [0.5, 0.6) is 11.5 Å². The number of carbonyl (C=O) groups excluding carboxylic acids is 2. The van der Waals surface area contributed by atoms with Gasteiger partial charge in [0.15, 0.2) is 5.75 Å². The fraction of sp³-hybridized carbons (Fsp3) is 0.423. The van der Waals surface area contributed by atoms with E-state index in [-0.39, 0.29) is 90.4 Å². The fourth-order valence-corrected chi connectivity index (χ4v) is 5.41. The van der Waals surface area contributed by atoms with Gasteiger partial charge in [0.1, 0.15) is 45.9 Å². The van der Waals surface area contributed by atoms with E-state index in [0.717, 1.165) is 0 Å². The molecule has 10 nitrogen and oxygen atoms in total. The number of aliphatic hydroxyl groups excluding tert-OH is 1. The van der Waals surface area contributed by atoms with Gasteiger partial charge < -0.3 is 34.4 Å². The normalized spacial score (nSPS) is 23.3. The van der Waals surface area contributed by atoms with Crippen LogP contribution in [-0.2, 0) is 9.53 Å². The highest BCUT2D eigenvalue weighted by atomic mass is 35.5. The van der Waals surface area contributed by atoms with Crippen molar-refractivity contribution in [1.29, 1.82) is 0 Å². The molecule has 202 valence electrons. The summed E-state index contributed by atoms with van der Waals surface area (Å²) in [5.74, 6) is -1.55. The molecule has 2 fully saturated rings. The topological polar surface area (TPSA) is 116 Å². The molecule has 2 atom stereocenters. The molecular weight excluding hydrogens is 519 g/mol. The molecular formula is C26H28ClFN4O6. The molecule has 3 aliphatic rings. The molecule has 3 aliphatic heterocycles. The van der Waals surface area contributed by atoms with Crippen LogP contribution in [0.15, 0.2) is 30.9 Å². The van der Waals surface area contributed by atoms with E-state index < -0.39 is 17.5 Å². The zero-order valence-electron chi connectivity index (χ0n) is 20.8. The first-order chi connectivity index (χ1) is 18.2. The van der Waals surface area contributed by atoms with E-state index >= 15 is 0 Å². The number of fused-ring (bicyclic) bond motifs is 2. The van der Waals surface area contributed by atoms with E-state index in [4.69, 9.17) is 21.1 Å². The van der Waals surface area contributed by atoms with Gasteiger partial charge in [0.2, 0.25) is 5.91 Å². The predicted octanol–water partition coefficient (Wildman–Crippen LogP) is 2.07. The van der Waals surface area contributed by atoms with Crippen LogP contribution < -0.4 is 9.64 Å². The molecule has 1 aromatic carbocycles. The number of aromatic hydroxyl groups is 1. The highest BCUT2D eigenvalue weighted by Gasteiger charge is 2.42. The van der Waals surface area contributed by atoms with Gasteiger partial charge in [-0.05, 0) is 25.1 Å². The van der Waals surface area contributed by atoms with Crippen molar-refractivity contribution in [2.75, 3.05) is 57.4 Å². The van der Waals surface area contributed by atoms with Crippen molar-refractivity contribution < 1.29 is 33.7 Å². The third-order valence-corrected chi connectivity index (χ3v) is 7.49. The number of anilines is 1. The van der Waals surface area contributed by atoms with E-state index in [1.54, 1.807) is 21.6 Å². The summed E-state index contributed by atoms with van der Waals surface area (Å²) in [4.78, 5) is 35.9. The lowest BCUT2D eigenvalue weighted by Crippen LogP contribution is -2.57. The molecule has 0 unspecified atom stereocenters. The SMILES string of the molecule is C=CC(=O)N1CCN2C(=O)c3c(N4CCO[C@](C)(CO)C4)nc(-c4c(O)cccc4F)c(Cl)c3OC[C@H]2C1. The average molecular weight is 547 g/mol. The summed E-state index contributed by atoms with van der Waals surface area (Å²) in [6.07, 6.45) is 1.23. The standard InChI is InChI=1S/C26H28ClFN4O6/c1-3-18(35)30-7-8-32-15(11-30)12-37-23-20(25(32)36)24(31-9-10-38-26(2,13-31)14-33)29-22(21(23)27)19-16(28)5-4-6-17(19)34/h3-6,15,33-34H,1,7-14H2,2H3/t15-,26+/m1/s1. The van der Waals surface area contributed by atoms with Crippen molar-refractivity contribution in [3.8, 4) is 22.8 Å². The summed E-state index contributed by atoms with van der Waals surface area (Å²) in [5, 5.41) is 20.3. The second kappa shape index (κ2) is 10.0. The Bertz CT molecular complexity index is 1290. The summed E-state index contributed by atoms with van der Waals surface area (Å²) in [6, 6.07) is 3.38. The lowest BCUT2D eigenvalue weighted by Gasteiger charge is -2.41. The molecule has 2 saturated heterocycles. The van der Waals surface area contributed by atoms with Crippen molar-refractivity contribution in [3.05, 3.63) is 47.3 Å². The number of rotatable bonds is 4. The number of amides is 2. The van der Waals surface area contributed by atoms with E-state index in [2.05, 4.69) is 11.6 Å². The van der Waals surface area contributed by atoms with Crippen molar-refractivity contribution >= 4 is 29.2 Å². The van der Waals surface area contributed by atoms with Gasteiger partial charge in [-0.3, -0.25) is 9.59 Å². The first-order valence-corrected chi connectivity index (χ1v) is 12.6. The minimum Gasteiger partial charge on any atom is -0.507 e. The molecule has 2 aromatic rings. The molecule has 38 heavy (non-hydrogen) atoms. The lowest BCUT2D eigenvalue weighted by atomic mass is 10.0. The van der Waals surface area contributed by atoms with Crippen LogP contribution in [0.4, 0.5) is 10.2 Å². The van der Waals surface area contributed by atoms with Crippen LogP contribution in [-0.4, -0.2) is 101 Å². The first-order valence-electron chi connectivity index (χ1n) is 12.2. The number of ether oxygens (including phenoxy) is 2. The number of piperazine rings is 1. The first kappa shape index (κ1) is 26.2. The van der Waals surface area contributed by atoms with Crippen molar-refractivity contribution in [1.82, 2.24) is 14.8 Å². The minimum absolute atomic E-state index is 0.0208. The maximum Gasteiger partial charge on any atom is 0.261 e. The Morgan fingerprint density at radius 2 is 2.13 bits per heavy atom. The number of aliphatic hydroxyl groups is 1. The number of hydrogen-bond acceptors (Lipinski definition) is 8. The van der Waals surface area contributed by atoms with Gasteiger partial charge in [0.25, 0.3) is 5.91 Å². The number of halogens is 2. The largest absolute Gasteiger partial charge is 0.507 e. The maximum atomic E-state index is 15.0. The maximum absolute atomic E-state index is 15.0. The second-order valence-corrected chi connectivity index (χ2v) is 10.1. The number of hydrogen-bond donors (Lipinski definition) is 2. The zero-order valence-corrected chi connectivity index (χ0v) is 21.6. The number of phenolic OH excluding ortho intramolecular Hbond substituents is 1. The molecule has 0 radical (unpaired) electrons. The number of nitrogens with zero attached hydrogens (tertiary/aromatic N) is 4. The van der Waals surface area contributed by atoms with Crippen molar-refractivity contribution in [3.63, 3.8) is 0 Å². The number of aromatic nitrogens is 1. The van der Waals surface area contributed by atoms with Gasteiger partial charge in [-0.25, -0.2) is 9.37 Å². The van der Waals surface area contributed by atoms with Gasteiger partial charge in [0, 0.05) is 26.2 Å². The van der Waals surface area contributed by atoms with E-state index in [9.17, 15) is 24.2 Å². The van der Waals surface area contributed by atoms with Crippen LogP contribution in [0.3, 0.4) is 0 Å². The predicted molar refractivity (Wildman–Crippen MR) is 137 cm³/mol. The number of phenols is 1. The summed E-state index contributed by atoms with van der Waals surface area (Å²) in [5.41, 5.74) is -1.13. The zero-order chi connectivity index (χ0) is 27.2. The molecule has 2 amide bonds. The Morgan fingerprint density at radius 1 is 1.34 bits per heavy atom. The molecule has 2 N–H and O–H groups in total. The summed E-state index contributed by atoms with van der Waals surface area (Å²) < 4.78 is 26.8. The molecule has 0 bridgehead atoms. The Morgan fingerprint density at radius 3 is 2.84 bits per heavy atom. The quantitative estimate of drug-likeness (QED) is 0.560. The lowest BCUT2D eigenvalue weighted by molar-refractivity contribution is -0.128. The fourth-order valence-electron chi connectivity index (χ4n) is 5.12. The van der Waals surface area contributed by atoms with Crippen molar-refractivity contribution in [2.24, 2.45) is 0 Å². The third-order valence-electron chi connectivity index (χ3n) is 7.14. The number of carbonyl (C=O) groups is 2. The van der Waals surface area contributed by atoms with Gasteiger partial charge in [0.05, 0.1) is 31.4 Å². The number of pyridine rings is 1. The molecule has 5 rings (SSSR count). The molecule has 0 saturated carbocycles. The van der Waals surface area contributed by atoms with Gasteiger partial charge >= 0.3 is 0 Å². The smallest absolute Gasteiger partial charge is 0.261 e. The molecule has 12 heteroatoms. The Kier molecular flexibility index (Phi) is 6.93. The number of benzene rings is 1. The molecule has 4 heterocycles. The van der Waals surface area contributed by atoms with E-state index in [1.807, 2.05) is 0 Å². The molecule has 1 aromatic heterocycles. The monoisotopic (exact) mass is 546 g/mol. The van der Waals surface area contributed by atoms with E-state index in [1.165, 1.54) is 24.3 Å². The van der Waals surface area contributed by atoms with Crippen molar-refractivity contribution in [2.45, 2.75) is 18.6 Å². The summed E-state index contributed by atoms with van der Waals surface area (Å²) >= 11 is 6.74. The van der Waals surface area contributed by atoms with Gasteiger partial charge in [-0.1, -0.05) is 24.2 Å². The minimum atomic E-state index is -0.930. The van der Waals surface area contributed by atoms with Crippen LogP contribution in [0.1, 0.15) is 17.3 Å². The average Bonchev–Trinajstić information content (AvgIpc) is 3.06. The van der Waals surface area contributed by atoms with Gasteiger partial charge in [-0.15, -0.1) is 0 Å². The van der Waals surface area contributed by atoms with Crippen LogP contribution in [0.2, 0.25) is 5.02 Å².